The molecule has 0 aromatic carbocycles. The Balaban J connectivity index is 1.79. The van der Waals surface area contributed by atoms with E-state index in [1.807, 2.05) is 6.20 Å². The van der Waals surface area contributed by atoms with Crippen LogP contribution in [0.2, 0.25) is 0 Å². The third kappa shape index (κ3) is 3.17. The van der Waals surface area contributed by atoms with Crippen LogP contribution in [0.4, 0.5) is 0 Å². The van der Waals surface area contributed by atoms with Gasteiger partial charge in [-0.3, -0.25) is 9.88 Å². The lowest BCUT2D eigenvalue weighted by atomic mass is 9.85. The molecular formula is C17H26BrN3. The van der Waals surface area contributed by atoms with Crippen molar-refractivity contribution in [2.24, 2.45) is 0 Å². The van der Waals surface area contributed by atoms with Gasteiger partial charge in [0, 0.05) is 41.4 Å². The van der Waals surface area contributed by atoms with Gasteiger partial charge in [0.1, 0.15) is 0 Å². The average Bonchev–Trinajstić information content (AvgIpc) is 2.94. The summed E-state index contributed by atoms with van der Waals surface area (Å²) in [6.45, 7) is 7.91. The van der Waals surface area contributed by atoms with Crippen molar-refractivity contribution >= 4 is 15.9 Å². The molecule has 2 heterocycles. The normalized spacial score (nSPS) is 29.1. The van der Waals surface area contributed by atoms with Crippen LogP contribution in [0.3, 0.4) is 0 Å². The van der Waals surface area contributed by atoms with E-state index in [9.17, 15) is 0 Å². The molecule has 1 atom stereocenters. The van der Waals surface area contributed by atoms with Crippen molar-refractivity contribution in [2.45, 2.75) is 63.6 Å². The van der Waals surface area contributed by atoms with E-state index >= 15 is 0 Å². The van der Waals surface area contributed by atoms with Gasteiger partial charge >= 0.3 is 0 Å². The molecule has 1 saturated heterocycles. The van der Waals surface area contributed by atoms with Gasteiger partial charge in [-0.05, 0) is 54.2 Å². The number of hydrogen-bond acceptors (Lipinski definition) is 3. The first-order chi connectivity index (χ1) is 10.1. The van der Waals surface area contributed by atoms with Crippen molar-refractivity contribution < 1.29 is 0 Å². The third-order valence-electron chi connectivity index (χ3n) is 5.57. The quantitative estimate of drug-likeness (QED) is 0.899. The van der Waals surface area contributed by atoms with Gasteiger partial charge in [-0.2, -0.15) is 0 Å². The second kappa shape index (κ2) is 5.98. The summed E-state index contributed by atoms with van der Waals surface area (Å²) in [6, 6.07) is 4.24. The molecule has 1 aromatic heterocycles. The molecule has 2 fully saturated rings. The van der Waals surface area contributed by atoms with Crippen molar-refractivity contribution in [1.82, 2.24) is 15.2 Å². The topological polar surface area (TPSA) is 28.2 Å². The Bertz CT molecular complexity index is 481. The van der Waals surface area contributed by atoms with Gasteiger partial charge in [0.15, 0.2) is 0 Å². The number of aromatic nitrogens is 1. The minimum atomic E-state index is 0.239. The monoisotopic (exact) mass is 351 g/mol. The van der Waals surface area contributed by atoms with Gasteiger partial charge in [0.2, 0.25) is 0 Å². The second-order valence-electron chi connectivity index (χ2n) is 7.02. The van der Waals surface area contributed by atoms with E-state index in [0.29, 0.717) is 5.54 Å². The Hall–Kier alpha value is -0.450. The SMILES string of the molecule is CCC1(C)CNC2(CCCC2)CN1Cc1ccc(Br)cn1. The van der Waals surface area contributed by atoms with Crippen molar-refractivity contribution in [3.05, 3.63) is 28.5 Å². The highest BCUT2D eigenvalue weighted by atomic mass is 79.9. The van der Waals surface area contributed by atoms with E-state index < -0.39 is 0 Å². The number of hydrogen-bond donors (Lipinski definition) is 1. The highest BCUT2D eigenvalue weighted by molar-refractivity contribution is 9.10. The maximum absolute atomic E-state index is 4.58. The Morgan fingerprint density at radius 1 is 1.33 bits per heavy atom. The molecule has 1 aliphatic heterocycles. The molecule has 1 aromatic rings. The standard InChI is InChI=1S/C17H26BrN3/c1-3-16(2)12-20-17(8-4-5-9-17)13-21(16)11-15-7-6-14(18)10-19-15/h6-7,10,20H,3-5,8-9,11-13H2,1-2H3. The van der Waals surface area contributed by atoms with E-state index in [4.69, 9.17) is 0 Å². The second-order valence-corrected chi connectivity index (χ2v) is 7.93. The van der Waals surface area contributed by atoms with E-state index in [1.165, 1.54) is 37.8 Å². The van der Waals surface area contributed by atoms with Gasteiger partial charge < -0.3 is 5.32 Å². The summed E-state index contributed by atoms with van der Waals surface area (Å²) in [5, 5.41) is 3.89. The number of nitrogens with zero attached hydrogens (tertiary/aromatic N) is 2. The molecule has 0 bridgehead atoms. The first kappa shape index (κ1) is 15.4. The number of halogens is 1. The molecule has 1 spiro atoms. The summed E-state index contributed by atoms with van der Waals surface area (Å²) in [5.41, 5.74) is 1.78. The molecule has 2 aliphatic rings. The molecule has 1 aliphatic carbocycles. The maximum atomic E-state index is 4.58. The third-order valence-corrected chi connectivity index (χ3v) is 6.03. The minimum absolute atomic E-state index is 0.239. The predicted molar refractivity (Wildman–Crippen MR) is 90.2 cm³/mol. The molecule has 1 N–H and O–H groups in total. The zero-order chi connectivity index (χ0) is 14.9. The summed E-state index contributed by atoms with van der Waals surface area (Å²) in [4.78, 5) is 7.25. The minimum Gasteiger partial charge on any atom is -0.308 e. The largest absolute Gasteiger partial charge is 0.308 e. The van der Waals surface area contributed by atoms with Gasteiger partial charge in [0.05, 0.1) is 5.69 Å². The molecule has 1 unspecified atom stereocenters. The molecular weight excluding hydrogens is 326 g/mol. The Labute approximate surface area is 136 Å². The maximum Gasteiger partial charge on any atom is 0.0545 e. The molecule has 4 heteroatoms. The van der Waals surface area contributed by atoms with E-state index in [1.54, 1.807) is 0 Å². The Kier molecular flexibility index (Phi) is 4.40. The molecule has 0 radical (unpaired) electrons. The summed E-state index contributed by atoms with van der Waals surface area (Å²) in [5.74, 6) is 0. The first-order valence-electron chi connectivity index (χ1n) is 8.16. The van der Waals surface area contributed by atoms with Crippen LogP contribution in [0.25, 0.3) is 0 Å². The summed E-state index contributed by atoms with van der Waals surface area (Å²) < 4.78 is 1.05. The number of nitrogens with one attached hydrogen (secondary N) is 1. The van der Waals surface area contributed by atoms with E-state index in [0.717, 1.165) is 24.1 Å². The zero-order valence-electron chi connectivity index (χ0n) is 13.2. The van der Waals surface area contributed by atoms with Crippen LogP contribution in [0.5, 0.6) is 0 Å². The van der Waals surface area contributed by atoms with Crippen molar-refractivity contribution in [3.8, 4) is 0 Å². The lowest BCUT2D eigenvalue weighted by Gasteiger charge is -2.52. The molecule has 3 nitrogen and oxygen atoms in total. The smallest absolute Gasteiger partial charge is 0.0545 e. The predicted octanol–water partition coefficient (Wildman–Crippen LogP) is 3.73. The summed E-state index contributed by atoms with van der Waals surface area (Å²) in [6.07, 6.45) is 8.49. The van der Waals surface area contributed by atoms with Crippen LogP contribution < -0.4 is 5.32 Å². The highest BCUT2D eigenvalue weighted by Gasteiger charge is 2.45. The van der Waals surface area contributed by atoms with E-state index in [-0.39, 0.29) is 5.54 Å². The fourth-order valence-corrected chi connectivity index (χ4v) is 4.01. The highest BCUT2D eigenvalue weighted by Crippen LogP contribution is 2.37. The number of rotatable bonds is 3. The summed E-state index contributed by atoms with van der Waals surface area (Å²) in [7, 11) is 0. The molecule has 3 rings (SSSR count). The number of piperazine rings is 1. The van der Waals surface area contributed by atoms with Gasteiger partial charge in [0.25, 0.3) is 0 Å². The lowest BCUT2D eigenvalue weighted by molar-refractivity contribution is 0.00691. The van der Waals surface area contributed by atoms with Crippen LogP contribution in [-0.2, 0) is 6.54 Å². The zero-order valence-corrected chi connectivity index (χ0v) is 14.7. The van der Waals surface area contributed by atoms with Crippen molar-refractivity contribution in [1.29, 1.82) is 0 Å². The van der Waals surface area contributed by atoms with Gasteiger partial charge in [-0.15, -0.1) is 0 Å². The fourth-order valence-electron chi connectivity index (χ4n) is 3.78. The van der Waals surface area contributed by atoms with Crippen LogP contribution >= 0.6 is 15.9 Å². The molecule has 0 amide bonds. The van der Waals surface area contributed by atoms with Gasteiger partial charge in [-0.25, -0.2) is 0 Å². The fraction of sp³-hybridized carbons (Fsp3) is 0.706. The van der Waals surface area contributed by atoms with Crippen LogP contribution in [0.15, 0.2) is 22.8 Å². The average molecular weight is 352 g/mol. The molecule has 21 heavy (non-hydrogen) atoms. The van der Waals surface area contributed by atoms with E-state index in [2.05, 4.69) is 57.1 Å². The van der Waals surface area contributed by atoms with Crippen molar-refractivity contribution in [2.75, 3.05) is 13.1 Å². The number of pyridine rings is 1. The van der Waals surface area contributed by atoms with Crippen LogP contribution in [-0.4, -0.2) is 34.1 Å². The van der Waals surface area contributed by atoms with Crippen molar-refractivity contribution in [3.63, 3.8) is 0 Å². The molecule has 116 valence electrons. The molecule has 1 saturated carbocycles. The van der Waals surface area contributed by atoms with Gasteiger partial charge in [-0.1, -0.05) is 19.8 Å². The Morgan fingerprint density at radius 3 is 2.71 bits per heavy atom. The first-order valence-corrected chi connectivity index (χ1v) is 8.95. The van der Waals surface area contributed by atoms with Crippen LogP contribution in [0, 0.1) is 0 Å². The summed E-state index contributed by atoms with van der Waals surface area (Å²) >= 11 is 3.47. The van der Waals surface area contributed by atoms with Crippen LogP contribution in [0.1, 0.15) is 51.6 Å². The lowest BCUT2D eigenvalue weighted by Crippen LogP contribution is -2.67. The Morgan fingerprint density at radius 2 is 2.10 bits per heavy atom.